The van der Waals surface area contributed by atoms with Crippen molar-refractivity contribution < 1.29 is 4.12 Å². The molecule has 0 aromatic carbocycles. The quantitative estimate of drug-likeness (QED) is 0.239. The van der Waals surface area contributed by atoms with E-state index in [1.807, 2.05) is 12.2 Å². The summed E-state index contributed by atoms with van der Waals surface area (Å²) >= 11 is 0. The van der Waals surface area contributed by atoms with E-state index in [9.17, 15) is 0 Å². The molecule has 0 aromatic rings. The van der Waals surface area contributed by atoms with Crippen molar-refractivity contribution in [2.24, 2.45) is 0 Å². The minimum absolute atomic E-state index is 1.15. The Bertz CT molecular complexity index is 240. The average Bonchev–Trinajstić information content (AvgIpc) is 2.28. The van der Waals surface area contributed by atoms with Crippen molar-refractivity contribution in [3.8, 4) is 0 Å². The fourth-order valence-corrected chi connectivity index (χ4v) is 11.5. The van der Waals surface area contributed by atoms with Gasteiger partial charge in [0, 0.05) is 0 Å². The molecule has 0 spiro atoms. The molecule has 0 atom stereocenters. The van der Waals surface area contributed by atoms with Gasteiger partial charge in [-0.25, -0.2) is 0 Å². The topological polar surface area (TPSA) is 9.23 Å². The van der Waals surface area contributed by atoms with E-state index in [4.69, 9.17) is 4.12 Å². The van der Waals surface area contributed by atoms with Gasteiger partial charge in [-0.2, -0.15) is 0 Å². The van der Waals surface area contributed by atoms with Crippen molar-refractivity contribution >= 4 is 16.6 Å². The summed E-state index contributed by atoms with van der Waals surface area (Å²) in [7, 11) is -2.90. The number of hydrogen-bond acceptors (Lipinski definition) is 1. The maximum Gasteiger partial charge on any atom is 0.176 e. The Hall–Kier alpha value is -0.126. The maximum atomic E-state index is 6.61. The van der Waals surface area contributed by atoms with Crippen LogP contribution in [0.1, 0.15) is 38.5 Å². The highest BCUT2D eigenvalue weighted by molar-refractivity contribution is 6.84. The second-order valence-corrected chi connectivity index (χ2v) is 15.7. The molecule has 0 N–H and O–H groups in total. The lowest BCUT2D eigenvalue weighted by atomic mass is 10.2. The Labute approximate surface area is 123 Å². The molecule has 112 valence electrons. The van der Waals surface area contributed by atoms with Crippen LogP contribution in [0.3, 0.4) is 0 Å². The molecule has 0 aliphatic carbocycles. The first-order chi connectivity index (χ1) is 8.83. The lowest BCUT2D eigenvalue weighted by Gasteiger charge is -2.35. The van der Waals surface area contributed by atoms with Crippen LogP contribution in [-0.2, 0) is 4.12 Å². The van der Waals surface area contributed by atoms with E-state index in [0.717, 1.165) is 12.8 Å². The second-order valence-electron chi connectivity index (χ2n) is 6.73. The average molecular weight is 299 g/mol. The third-order valence-electron chi connectivity index (χ3n) is 3.28. The molecule has 0 saturated carbocycles. The van der Waals surface area contributed by atoms with E-state index in [0.29, 0.717) is 0 Å². The van der Waals surface area contributed by atoms with Crippen molar-refractivity contribution in [1.82, 2.24) is 0 Å². The minimum atomic E-state index is -1.49. The van der Waals surface area contributed by atoms with Crippen molar-refractivity contribution in [1.29, 1.82) is 0 Å². The van der Waals surface area contributed by atoms with Crippen LogP contribution < -0.4 is 0 Å². The summed E-state index contributed by atoms with van der Waals surface area (Å²) in [4.78, 5) is 0. The zero-order valence-electron chi connectivity index (χ0n) is 13.6. The van der Waals surface area contributed by atoms with Gasteiger partial charge in [0.25, 0.3) is 0 Å². The van der Waals surface area contributed by atoms with Crippen molar-refractivity contribution in [3.05, 3.63) is 25.3 Å². The first kappa shape index (κ1) is 18.9. The van der Waals surface area contributed by atoms with Gasteiger partial charge in [-0.1, -0.05) is 37.8 Å². The van der Waals surface area contributed by atoms with E-state index < -0.39 is 16.6 Å². The molecule has 0 unspecified atom stereocenters. The van der Waals surface area contributed by atoms with E-state index in [1.165, 1.54) is 37.8 Å². The van der Waals surface area contributed by atoms with Crippen LogP contribution in [0, 0.1) is 0 Å². The summed E-state index contributed by atoms with van der Waals surface area (Å²) in [5, 5.41) is 0. The molecule has 0 amide bonds. The number of unbranched alkanes of at least 4 members (excludes halogenated alkanes) is 4. The fourth-order valence-electron chi connectivity index (χ4n) is 2.54. The monoisotopic (exact) mass is 298 g/mol. The highest BCUT2D eigenvalue weighted by Crippen LogP contribution is 2.27. The van der Waals surface area contributed by atoms with Crippen LogP contribution in [-0.4, -0.2) is 16.6 Å². The van der Waals surface area contributed by atoms with Gasteiger partial charge in [0.2, 0.25) is 0 Å². The van der Waals surface area contributed by atoms with Crippen LogP contribution in [0.4, 0.5) is 0 Å². The number of hydrogen-bond donors (Lipinski definition) is 0. The molecule has 19 heavy (non-hydrogen) atoms. The largest absolute Gasteiger partial charge is 0.456 e. The van der Waals surface area contributed by atoms with Gasteiger partial charge in [-0.05, 0) is 51.1 Å². The Kier molecular flexibility index (Phi) is 9.66. The Morgan fingerprint density at radius 3 is 1.53 bits per heavy atom. The Balaban J connectivity index is 4.26. The number of allylic oxidation sites excluding steroid dienone is 2. The van der Waals surface area contributed by atoms with Gasteiger partial charge < -0.3 is 4.12 Å². The second kappa shape index (κ2) is 9.73. The smallest absolute Gasteiger partial charge is 0.176 e. The SMILES string of the molecule is C=CCCCC[Si](C)(CCCCC=C)O[Si](C)(C)C. The first-order valence-corrected chi connectivity index (χ1v) is 14.0. The maximum absolute atomic E-state index is 6.61. The summed E-state index contributed by atoms with van der Waals surface area (Å²) in [6.45, 7) is 17.0. The molecule has 0 bridgehead atoms. The third-order valence-corrected chi connectivity index (χ3v) is 10.5. The normalized spacial score (nSPS) is 12.4. The highest BCUT2D eigenvalue weighted by atomic mass is 28.4. The molecule has 0 aliphatic heterocycles. The van der Waals surface area contributed by atoms with E-state index in [2.05, 4.69) is 39.3 Å². The Morgan fingerprint density at radius 2 is 1.21 bits per heavy atom. The van der Waals surface area contributed by atoms with Gasteiger partial charge in [0.1, 0.15) is 0 Å². The molecule has 0 aliphatic rings. The van der Waals surface area contributed by atoms with Gasteiger partial charge in [0.05, 0.1) is 0 Å². The molecule has 0 saturated heterocycles. The van der Waals surface area contributed by atoms with E-state index >= 15 is 0 Å². The predicted octanol–water partition coefficient (Wildman–Crippen LogP) is 6.13. The summed E-state index contributed by atoms with van der Waals surface area (Å²) < 4.78 is 6.61. The standard InChI is InChI=1S/C16H34OSi2/c1-7-9-11-13-15-19(6,17-18(3,4)5)16-14-12-10-8-2/h7-8H,1-2,9-16H2,3-6H3. The molecule has 1 nitrogen and oxygen atoms in total. The summed E-state index contributed by atoms with van der Waals surface area (Å²) in [5.41, 5.74) is 0. The van der Waals surface area contributed by atoms with Crippen LogP contribution in [0.5, 0.6) is 0 Å². The third kappa shape index (κ3) is 11.4. The van der Waals surface area contributed by atoms with Gasteiger partial charge in [0.15, 0.2) is 16.6 Å². The minimum Gasteiger partial charge on any atom is -0.456 e. The lowest BCUT2D eigenvalue weighted by molar-refractivity contribution is 0.524. The van der Waals surface area contributed by atoms with Crippen molar-refractivity contribution in [2.75, 3.05) is 0 Å². The van der Waals surface area contributed by atoms with Crippen LogP contribution >= 0.6 is 0 Å². The predicted molar refractivity (Wildman–Crippen MR) is 93.8 cm³/mol. The highest BCUT2D eigenvalue weighted by Gasteiger charge is 2.33. The van der Waals surface area contributed by atoms with Crippen molar-refractivity contribution in [2.45, 2.75) is 76.8 Å². The lowest BCUT2D eigenvalue weighted by Crippen LogP contribution is -2.44. The molecule has 0 heterocycles. The molecule has 0 fully saturated rings. The zero-order valence-corrected chi connectivity index (χ0v) is 15.6. The molecular weight excluding hydrogens is 264 g/mol. The van der Waals surface area contributed by atoms with Crippen LogP contribution in [0.25, 0.3) is 0 Å². The van der Waals surface area contributed by atoms with Gasteiger partial charge in [-0.3, -0.25) is 0 Å². The van der Waals surface area contributed by atoms with Gasteiger partial charge in [-0.15, -0.1) is 13.2 Å². The molecular formula is C16H34OSi2. The molecule has 3 heteroatoms. The summed E-state index contributed by atoms with van der Waals surface area (Å²) in [6, 6.07) is 2.64. The van der Waals surface area contributed by atoms with Gasteiger partial charge >= 0.3 is 0 Å². The summed E-state index contributed by atoms with van der Waals surface area (Å²) in [5.74, 6) is 0. The van der Waals surface area contributed by atoms with Crippen LogP contribution in [0.15, 0.2) is 25.3 Å². The summed E-state index contributed by atoms with van der Waals surface area (Å²) in [6.07, 6.45) is 11.5. The van der Waals surface area contributed by atoms with E-state index in [-0.39, 0.29) is 0 Å². The zero-order chi connectivity index (χ0) is 14.8. The Morgan fingerprint density at radius 1 is 0.789 bits per heavy atom. The molecule has 0 radical (unpaired) electrons. The van der Waals surface area contributed by atoms with E-state index in [1.54, 1.807) is 0 Å². The molecule has 0 aromatic heterocycles. The molecule has 0 rings (SSSR count). The first-order valence-electron chi connectivity index (χ1n) is 7.75. The van der Waals surface area contributed by atoms with Crippen LogP contribution in [0.2, 0.25) is 38.3 Å². The van der Waals surface area contributed by atoms with Crippen molar-refractivity contribution in [3.63, 3.8) is 0 Å². The number of rotatable bonds is 12. The fraction of sp³-hybridized carbons (Fsp3) is 0.750.